The van der Waals surface area contributed by atoms with E-state index in [0.717, 1.165) is 0 Å². The Bertz CT molecular complexity index is 1300. The first kappa shape index (κ1) is 26.7. The molecule has 2 N–H and O–H groups in total. The molecular weight excluding hydrogens is 492 g/mol. The van der Waals surface area contributed by atoms with Crippen molar-refractivity contribution in [2.75, 3.05) is 26.2 Å². The summed E-state index contributed by atoms with van der Waals surface area (Å²) in [5, 5.41) is 16.4. The molecule has 4 heterocycles. The molecule has 0 aliphatic carbocycles. The van der Waals surface area contributed by atoms with Crippen LogP contribution in [-0.2, 0) is 21.4 Å². The maximum atomic E-state index is 13.5. The normalized spacial score (nSPS) is 14.8. The van der Waals surface area contributed by atoms with Crippen LogP contribution in [0.5, 0.6) is 0 Å². The highest BCUT2D eigenvalue weighted by atomic mass is 16.6. The van der Waals surface area contributed by atoms with E-state index >= 15 is 0 Å². The van der Waals surface area contributed by atoms with Crippen LogP contribution in [0.15, 0.2) is 30.6 Å². The molecular formula is C24H32N10O4. The molecule has 3 aromatic heterocycles. The second-order valence-electron chi connectivity index (χ2n) is 10.1. The second kappa shape index (κ2) is 10.9. The van der Waals surface area contributed by atoms with Gasteiger partial charge in [-0.05, 0) is 39.3 Å². The molecule has 1 atom stereocenters. The summed E-state index contributed by atoms with van der Waals surface area (Å²) in [5.74, 6) is -0.746. The van der Waals surface area contributed by atoms with Gasteiger partial charge < -0.3 is 20.3 Å². The standard InChI is InChI=1S/C24H32N10O4/c1-24(2,3)38-23(37)33-12-10-32(11-13-33)22(36)20(8-9-21(25)35)34-15-19(28-30-34)17-7-5-6-16(26-17)18-14-31(4)29-27-18/h5-7,14-15,20H,8-13H2,1-4H3,(H2,25,35)/t20-/m0/s1. The van der Waals surface area contributed by atoms with Gasteiger partial charge in [-0.1, -0.05) is 16.5 Å². The number of pyridine rings is 1. The van der Waals surface area contributed by atoms with Crippen LogP contribution in [0.1, 0.15) is 39.7 Å². The Hall–Kier alpha value is -4.36. The first-order valence-electron chi connectivity index (χ1n) is 12.3. The van der Waals surface area contributed by atoms with Crippen LogP contribution in [0.25, 0.3) is 22.8 Å². The van der Waals surface area contributed by atoms with Gasteiger partial charge in [0.15, 0.2) is 0 Å². The largest absolute Gasteiger partial charge is 0.444 e. The molecule has 0 radical (unpaired) electrons. The summed E-state index contributed by atoms with van der Waals surface area (Å²) in [6.07, 6.45) is 3.14. The molecule has 14 heteroatoms. The van der Waals surface area contributed by atoms with Crippen LogP contribution < -0.4 is 5.73 Å². The quantitative estimate of drug-likeness (QED) is 0.474. The van der Waals surface area contributed by atoms with E-state index in [1.807, 2.05) is 32.9 Å². The number of carbonyl (C=O) groups is 3. The van der Waals surface area contributed by atoms with E-state index in [-0.39, 0.29) is 18.7 Å². The molecule has 3 amide bonds. The zero-order valence-corrected chi connectivity index (χ0v) is 21.9. The van der Waals surface area contributed by atoms with E-state index in [1.54, 1.807) is 40.0 Å². The molecule has 1 saturated heterocycles. The molecule has 202 valence electrons. The number of hydrogen-bond donors (Lipinski definition) is 1. The minimum absolute atomic E-state index is 0.00385. The summed E-state index contributed by atoms with van der Waals surface area (Å²) < 4.78 is 8.46. The van der Waals surface area contributed by atoms with Gasteiger partial charge >= 0.3 is 6.09 Å². The van der Waals surface area contributed by atoms with E-state index in [2.05, 4.69) is 25.6 Å². The van der Waals surface area contributed by atoms with Gasteiger partial charge in [0.2, 0.25) is 11.8 Å². The highest BCUT2D eigenvalue weighted by molar-refractivity contribution is 5.82. The lowest BCUT2D eigenvalue weighted by Gasteiger charge is -2.36. The van der Waals surface area contributed by atoms with Crippen molar-refractivity contribution in [2.24, 2.45) is 12.8 Å². The number of amides is 3. The minimum atomic E-state index is -0.792. The maximum absolute atomic E-state index is 13.5. The lowest BCUT2D eigenvalue weighted by molar-refractivity contribution is -0.137. The Morgan fingerprint density at radius 2 is 1.55 bits per heavy atom. The highest BCUT2D eigenvalue weighted by Gasteiger charge is 2.32. The zero-order chi connectivity index (χ0) is 27.4. The van der Waals surface area contributed by atoms with Gasteiger partial charge in [0.1, 0.15) is 23.0 Å². The molecule has 14 nitrogen and oxygen atoms in total. The van der Waals surface area contributed by atoms with Gasteiger partial charge in [-0.3, -0.25) is 14.3 Å². The van der Waals surface area contributed by atoms with Crippen LogP contribution in [0.4, 0.5) is 4.79 Å². The first-order chi connectivity index (χ1) is 18.0. The van der Waals surface area contributed by atoms with Gasteiger partial charge in [0, 0.05) is 39.6 Å². The Labute approximate surface area is 219 Å². The molecule has 0 saturated carbocycles. The Morgan fingerprint density at radius 1 is 0.947 bits per heavy atom. The van der Waals surface area contributed by atoms with Crippen LogP contribution in [0, 0.1) is 0 Å². The third-order valence-electron chi connectivity index (χ3n) is 5.90. The average Bonchev–Trinajstić information content (AvgIpc) is 3.53. The lowest BCUT2D eigenvalue weighted by Crippen LogP contribution is -2.53. The molecule has 0 bridgehead atoms. The predicted octanol–water partition coefficient (Wildman–Crippen LogP) is 1.02. The average molecular weight is 525 g/mol. The summed E-state index contributed by atoms with van der Waals surface area (Å²) in [4.78, 5) is 45.3. The third-order valence-corrected chi connectivity index (χ3v) is 5.90. The number of nitrogens with two attached hydrogens (primary N) is 1. The van der Waals surface area contributed by atoms with Crippen LogP contribution >= 0.6 is 0 Å². The van der Waals surface area contributed by atoms with Crippen molar-refractivity contribution in [1.29, 1.82) is 0 Å². The van der Waals surface area contributed by atoms with E-state index in [9.17, 15) is 14.4 Å². The van der Waals surface area contributed by atoms with Gasteiger partial charge in [0.05, 0.1) is 23.8 Å². The smallest absolute Gasteiger partial charge is 0.410 e. The maximum Gasteiger partial charge on any atom is 0.410 e. The molecule has 1 fully saturated rings. The highest BCUT2D eigenvalue weighted by Crippen LogP contribution is 2.23. The molecule has 0 unspecified atom stereocenters. The number of carbonyl (C=O) groups excluding carboxylic acids is 3. The van der Waals surface area contributed by atoms with Crippen molar-refractivity contribution >= 4 is 17.9 Å². The number of rotatable bonds is 7. The van der Waals surface area contributed by atoms with E-state index in [4.69, 9.17) is 10.5 Å². The third kappa shape index (κ3) is 6.49. The topological polar surface area (TPSA) is 167 Å². The monoisotopic (exact) mass is 524 g/mol. The Kier molecular flexibility index (Phi) is 7.69. The van der Waals surface area contributed by atoms with Crippen molar-refractivity contribution in [3.8, 4) is 22.8 Å². The number of ether oxygens (including phenoxy) is 1. The fourth-order valence-corrected chi connectivity index (χ4v) is 4.03. The van der Waals surface area contributed by atoms with Gasteiger partial charge in [-0.25, -0.2) is 14.5 Å². The van der Waals surface area contributed by atoms with Crippen molar-refractivity contribution in [3.05, 3.63) is 30.6 Å². The van der Waals surface area contributed by atoms with Crippen molar-refractivity contribution in [2.45, 2.75) is 45.3 Å². The molecule has 0 aromatic carbocycles. The Balaban J connectivity index is 1.49. The molecule has 1 aliphatic rings. The van der Waals surface area contributed by atoms with E-state index < -0.39 is 23.6 Å². The molecule has 38 heavy (non-hydrogen) atoms. The van der Waals surface area contributed by atoms with Crippen LogP contribution in [0.3, 0.4) is 0 Å². The zero-order valence-electron chi connectivity index (χ0n) is 21.9. The van der Waals surface area contributed by atoms with Crippen LogP contribution in [0.2, 0.25) is 0 Å². The predicted molar refractivity (Wildman–Crippen MR) is 135 cm³/mol. The van der Waals surface area contributed by atoms with Gasteiger partial charge in [-0.2, -0.15) is 0 Å². The molecule has 0 spiro atoms. The SMILES string of the molecule is Cn1cc(-c2cccc(-c3cn([C@@H](CCC(N)=O)C(=O)N4CCN(C(=O)OC(C)(C)C)CC4)nn3)n2)nn1. The summed E-state index contributed by atoms with van der Waals surface area (Å²) in [5.41, 5.74) is 7.02. The minimum Gasteiger partial charge on any atom is -0.444 e. The molecule has 3 aromatic rings. The van der Waals surface area contributed by atoms with Crippen LogP contribution in [-0.4, -0.2) is 94.5 Å². The summed E-state index contributed by atoms with van der Waals surface area (Å²) >= 11 is 0. The lowest BCUT2D eigenvalue weighted by atomic mass is 10.1. The number of piperazine rings is 1. The fraction of sp³-hybridized carbons (Fsp3) is 0.500. The van der Waals surface area contributed by atoms with Crippen molar-refractivity contribution < 1.29 is 19.1 Å². The number of aromatic nitrogens is 7. The Morgan fingerprint density at radius 3 is 2.13 bits per heavy atom. The number of primary amides is 1. The number of nitrogens with zero attached hydrogens (tertiary/aromatic N) is 9. The summed E-state index contributed by atoms with van der Waals surface area (Å²) in [6, 6.07) is 4.63. The first-order valence-corrected chi connectivity index (χ1v) is 12.3. The second-order valence-corrected chi connectivity index (χ2v) is 10.1. The van der Waals surface area contributed by atoms with Gasteiger partial charge in [-0.15, -0.1) is 10.2 Å². The van der Waals surface area contributed by atoms with Crippen molar-refractivity contribution in [3.63, 3.8) is 0 Å². The number of aryl methyl sites for hydroxylation is 1. The summed E-state index contributed by atoms with van der Waals surface area (Å²) in [6.45, 7) is 6.75. The molecule has 4 rings (SSSR count). The fourth-order valence-electron chi connectivity index (χ4n) is 4.03. The number of hydrogen-bond acceptors (Lipinski definition) is 9. The van der Waals surface area contributed by atoms with E-state index in [1.165, 1.54) is 4.68 Å². The molecule has 1 aliphatic heterocycles. The van der Waals surface area contributed by atoms with E-state index in [0.29, 0.717) is 49.0 Å². The summed E-state index contributed by atoms with van der Waals surface area (Å²) in [7, 11) is 1.77. The van der Waals surface area contributed by atoms with Crippen molar-refractivity contribution in [1.82, 2.24) is 44.8 Å². The van der Waals surface area contributed by atoms with Gasteiger partial charge in [0.25, 0.3) is 0 Å².